The summed E-state index contributed by atoms with van der Waals surface area (Å²) >= 11 is 0. The predicted molar refractivity (Wildman–Crippen MR) is 74.9 cm³/mol. The molecule has 3 nitrogen and oxygen atoms in total. The van der Waals surface area contributed by atoms with E-state index in [1.807, 2.05) is 12.3 Å². The zero-order chi connectivity index (χ0) is 12.7. The van der Waals surface area contributed by atoms with Crippen molar-refractivity contribution >= 4 is 12.1 Å². The van der Waals surface area contributed by atoms with E-state index in [9.17, 15) is 0 Å². The van der Waals surface area contributed by atoms with E-state index in [1.54, 1.807) is 0 Å². The third-order valence-electron chi connectivity index (χ3n) is 2.58. The lowest BCUT2D eigenvalue weighted by molar-refractivity contribution is 1.01. The zero-order valence-corrected chi connectivity index (χ0v) is 10.9. The summed E-state index contributed by atoms with van der Waals surface area (Å²) in [4.78, 5) is 8.72. The molecule has 92 valence electrons. The number of nitrogens with two attached hydrogens (primary N) is 1. The van der Waals surface area contributed by atoms with Crippen molar-refractivity contribution in [3.63, 3.8) is 0 Å². The van der Waals surface area contributed by atoms with E-state index >= 15 is 0 Å². The number of aryl methyl sites for hydroxylation is 2. The van der Waals surface area contributed by atoms with E-state index in [0.717, 1.165) is 24.2 Å². The number of hydrogen-bond acceptors (Lipinski definition) is 2. The van der Waals surface area contributed by atoms with Crippen molar-refractivity contribution in [3.05, 3.63) is 34.9 Å². The molecular formula is C14H21N3. The van der Waals surface area contributed by atoms with Crippen LogP contribution in [0.15, 0.2) is 28.2 Å². The smallest absolute Gasteiger partial charge is 0.156 e. The highest BCUT2D eigenvalue weighted by atomic mass is 15.0. The second-order valence-electron chi connectivity index (χ2n) is 4.03. The zero-order valence-electron chi connectivity index (χ0n) is 10.9. The number of benzene rings is 1. The second-order valence-corrected chi connectivity index (χ2v) is 4.03. The van der Waals surface area contributed by atoms with Crippen LogP contribution >= 0.6 is 0 Å². The standard InChI is InChI=1S/C14H21N3/c1-4-5-9-16-14(17-10-15)13-11(2)7-6-8-12(13)3/h6-9H,4-5,10,15H2,1-3H3/b16-9+,17-14+. The van der Waals surface area contributed by atoms with E-state index in [4.69, 9.17) is 5.73 Å². The Labute approximate surface area is 103 Å². The van der Waals surface area contributed by atoms with Crippen molar-refractivity contribution in [2.45, 2.75) is 33.6 Å². The van der Waals surface area contributed by atoms with Crippen LogP contribution in [0, 0.1) is 13.8 Å². The maximum atomic E-state index is 5.51. The maximum absolute atomic E-state index is 5.51. The van der Waals surface area contributed by atoms with E-state index in [0.29, 0.717) is 0 Å². The molecule has 1 aromatic rings. The molecule has 0 fully saturated rings. The molecule has 0 aliphatic carbocycles. The molecule has 0 amide bonds. The Hall–Kier alpha value is -1.48. The Balaban J connectivity index is 3.10. The van der Waals surface area contributed by atoms with Crippen LogP contribution in [0.3, 0.4) is 0 Å². The van der Waals surface area contributed by atoms with Crippen molar-refractivity contribution in [1.82, 2.24) is 0 Å². The molecule has 0 aliphatic heterocycles. The lowest BCUT2D eigenvalue weighted by Gasteiger charge is -2.08. The number of aliphatic imine (C=N–C) groups is 2. The van der Waals surface area contributed by atoms with Gasteiger partial charge in [-0.1, -0.05) is 31.5 Å². The highest BCUT2D eigenvalue weighted by molar-refractivity contribution is 6.05. The lowest BCUT2D eigenvalue weighted by Crippen LogP contribution is -2.07. The summed E-state index contributed by atoms with van der Waals surface area (Å²) in [5.74, 6) is 0.747. The summed E-state index contributed by atoms with van der Waals surface area (Å²) in [5, 5.41) is 0. The molecular weight excluding hydrogens is 210 g/mol. The predicted octanol–water partition coefficient (Wildman–Crippen LogP) is 2.84. The summed E-state index contributed by atoms with van der Waals surface area (Å²) in [5.41, 5.74) is 8.98. The Kier molecular flexibility index (Phi) is 5.57. The second kappa shape index (κ2) is 6.97. The Morgan fingerprint density at radius 2 is 1.94 bits per heavy atom. The molecule has 0 unspecified atom stereocenters. The molecule has 0 saturated heterocycles. The molecule has 0 radical (unpaired) electrons. The van der Waals surface area contributed by atoms with Gasteiger partial charge in [0.2, 0.25) is 0 Å². The first-order valence-electron chi connectivity index (χ1n) is 6.04. The molecule has 0 heterocycles. The molecule has 0 bridgehead atoms. The SMILES string of the molecule is CCC/C=N/C(=N/CN)c1c(C)cccc1C. The molecule has 2 N–H and O–H groups in total. The fourth-order valence-electron chi connectivity index (χ4n) is 1.72. The van der Waals surface area contributed by atoms with Gasteiger partial charge in [0.1, 0.15) is 0 Å². The van der Waals surface area contributed by atoms with Crippen molar-refractivity contribution < 1.29 is 0 Å². The highest BCUT2D eigenvalue weighted by Gasteiger charge is 2.07. The summed E-state index contributed by atoms with van der Waals surface area (Å²) in [6.07, 6.45) is 3.97. The topological polar surface area (TPSA) is 50.7 Å². The molecule has 1 aromatic carbocycles. The molecule has 0 saturated carbocycles. The van der Waals surface area contributed by atoms with Crippen LogP contribution in [0.2, 0.25) is 0 Å². The van der Waals surface area contributed by atoms with Gasteiger partial charge in [-0.3, -0.25) is 4.99 Å². The van der Waals surface area contributed by atoms with Gasteiger partial charge in [-0.25, -0.2) is 4.99 Å². The molecule has 0 aromatic heterocycles. The van der Waals surface area contributed by atoms with Gasteiger partial charge in [-0.05, 0) is 31.4 Å². The first-order valence-corrected chi connectivity index (χ1v) is 6.04. The Morgan fingerprint density at radius 1 is 1.29 bits per heavy atom. The Bertz CT molecular complexity index is 399. The molecule has 1 rings (SSSR count). The minimum atomic E-state index is 0.270. The summed E-state index contributed by atoms with van der Waals surface area (Å²) in [6.45, 7) is 6.55. The minimum Gasteiger partial charge on any atom is -0.312 e. The number of hydrogen-bond donors (Lipinski definition) is 1. The van der Waals surface area contributed by atoms with Crippen molar-refractivity contribution in [2.75, 3.05) is 6.67 Å². The van der Waals surface area contributed by atoms with Gasteiger partial charge < -0.3 is 5.73 Å². The van der Waals surface area contributed by atoms with E-state index in [1.165, 1.54) is 11.1 Å². The van der Waals surface area contributed by atoms with Gasteiger partial charge in [-0.15, -0.1) is 0 Å². The van der Waals surface area contributed by atoms with Crippen LogP contribution in [-0.4, -0.2) is 18.7 Å². The molecule has 3 heteroatoms. The van der Waals surface area contributed by atoms with E-state index in [2.05, 4.69) is 42.9 Å². The quantitative estimate of drug-likeness (QED) is 0.628. The largest absolute Gasteiger partial charge is 0.312 e. The highest BCUT2D eigenvalue weighted by Crippen LogP contribution is 2.15. The van der Waals surface area contributed by atoms with E-state index in [-0.39, 0.29) is 6.67 Å². The average Bonchev–Trinajstić information content (AvgIpc) is 2.29. The number of amidine groups is 1. The first kappa shape index (κ1) is 13.6. The fourth-order valence-corrected chi connectivity index (χ4v) is 1.72. The maximum Gasteiger partial charge on any atom is 0.156 e. The third kappa shape index (κ3) is 3.79. The molecule has 0 atom stereocenters. The van der Waals surface area contributed by atoms with E-state index < -0.39 is 0 Å². The molecule has 0 spiro atoms. The van der Waals surface area contributed by atoms with Crippen molar-refractivity contribution in [1.29, 1.82) is 0 Å². The lowest BCUT2D eigenvalue weighted by atomic mass is 10.0. The van der Waals surface area contributed by atoms with Gasteiger partial charge in [0, 0.05) is 11.8 Å². The number of nitrogens with zero attached hydrogens (tertiary/aromatic N) is 2. The molecule has 0 aliphatic rings. The van der Waals surface area contributed by atoms with Crippen LogP contribution in [0.1, 0.15) is 36.5 Å². The number of unbranched alkanes of at least 4 members (excludes halogenated alkanes) is 1. The summed E-state index contributed by atoms with van der Waals surface area (Å²) < 4.78 is 0. The van der Waals surface area contributed by atoms with Gasteiger partial charge in [0.25, 0.3) is 0 Å². The van der Waals surface area contributed by atoms with Gasteiger partial charge >= 0.3 is 0 Å². The van der Waals surface area contributed by atoms with Crippen LogP contribution in [-0.2, 0) is 0 Å². The van der Waals surface area contributed by atoms with Gasteiger partial charge in [0.05, 0.1) is 6.67 Å². The molecule has 17 heavy (non-hydrogen) atoms. The fraction of sp³-hybridized carbons (Fsp3) is 0.429. The van der Waals surface area contributed by atoms with Crippen molar-refractivity contribution in [3.8, 4) is 0 Å². The normalized spacial score (nSPS) is 12.4. The third-order valence-corrected chi connectivity index (χ3v) is 2.58. The van der Waals surface area contributed by atoms with Crippen LogP contribution in [0.5, 0.6) is 0 Å². The van der Waals surface area contributed by atoms with Gasteiger partial charge in [-0.2, -0.15) is 0 Å². The monoisotopic (exact) mass is 231 g/mol. The Morgan fingerprint density at radius 3 is 2.47 bits per heavy atom. The minimum absolute atomic E-state index is 0.270. The van der Waals surface area contributed by atoms with Crippen molar-refractivity contribution in [2.24, 2.45) is 15.7 Å². The first-order chi connectivity index (χ1) is 8.20. The van der Waals surface area contributed by atoms with Gasteiger partial charge in [0.15, 0.2) is 5.84 Å². The summed E-state index contributed by atoms with van der Waals surface area (Å²) in [6, 6.07) is 6.19. The number of rotatable bonds is 4. The average molecular weight is 231 g/mol. The van der Waals surface area contributed by atoms with Crippen LogP contribution in [0.4, 0.5) is 0 Å². The summed E-state index contributed by atoms with van der Waals surface area (Å²) in [7, 11) is 0. The van der Waals surface area contributed by atoms with Crippen LogP contribution < -0.4 is 5.73 Å². The van der Waals surface area contributed by atoms with Crippen LogP contribution in [0.25, 0.3) is 0 Å².